The van der Waals surface area contributed by atoms with E-state index < -0.39 is 12.0 Å². The Kier molecular flexibility index (Phi) is 4.30. The predicted octanol–water partition coefficient (Wildman–Crippen LogP) is 1.20. The summed E-state index contributed by atoms with van der Waals surface area (Å²) in [4.78, 5) is 22.8. The number of hydrogen-bond donors (Lipinski definition) is 4. The number of phenolic OH excluding ortho intramolecular Hbond substituents is 1. The predicted molar refractivity (Wildman–Crippen MR) is 73.0 cm³/mol. The molecule has 108 valence electrons. The molecule has 0 saturated heterocycles. The van der Waals surface area contributed by atoms with Crippen LogP contribution >= 0.6 is 0 Å². The first-order chi connectivity index (χ1) is 10.1. The molecule has 0 aliphatic heterocycles. The lowest BCUT2D eigenvalue weighted by molar-refractivity contribution is 0.0697. The Morgan fingerprint density at radius 2 is 2.05 bits per heavy atom. The van der Waals surface area contributed by atoms with Gasteiger partial charge in [-0.1, -0.05) is 0 Å². The number of carboxylic acids is 1. The van der Waals surface area contributed by atoms with E-state index in [2.05, 4.69) is 20.8 Å². The van der Waals surface area contributed by atoms with Gasteiger partial charge in [-0.15, -0.1) is 0 Å². The van der Waals surface area contributed by atoms with E-state index in [9.17, 15) is 14.7 Å². The minimum Gasteiger partial charge on any atom is -0.508 e. The number of carbonyl (C=O) groups is 2. The maximum Gasteiger partial charge on any atom is 0.337 e. The molecule has 8 heteroatoms. The number of carbonyl (C=O) groups excluding carboxylic acids is 1. The summed E-state index contributed by atoms with van der Waals surface area (Å²) < 4.78 is 0. The summed E-state index contributed by atoms with van der Waals surface area (Å²) in [5.41, 5.74) is 0.443. The number of aromatic hydroxyl groups is 1. The van der Waals surface area contributed by atoms with Crippen molar-refractivity contribution in [3.8, 4) is 5.75 Å². The van der Waals surface area contributed by atoms with Gasteiger partial charge in [0.25, 0.3) is 0 Å². The zero-order valence-electron chi connectivity index (χ0n) is 10.8. The second-order valence-electron chi connectivity index (χ2n) is 4.06. The number of carboxylic acid groups (broad SMARTS) is 1. The molecule has 2 rings (SSSR count). The number of rotatable bonds is 4. The molecule has 4 N–H and O–H groups in total. The van der Waals surface area contributed by atoms with Crippen molar-refractivity contribution in [2.45, 2.75) is 6.54 Å². The summed E-state index contributed by atoms with van der Waals surface area (Å²) >= 11 is 0. The van der Waals surface area contributed by atoms with Crippen LogP contribution in [0.2, 0.25) is 0 Å². The van der Waals surface area contributed by atoms with E-state index in [1.807, 2.05) is 0 Å². The first-order valence-corrected chi connectivity index (χ1v) is 5.94. The Hall–Kier alpha value is -3.16. The van der Waals surface area contributed by atoms with E-state index >= 15 is 0 Å². The van der Waals surface area contributed by atoms with Gasteiger partial charge in [-0.2, -0.15) is 10.2 Å². The summed E-state index contributed by atoms with van der Waals surface area (Å²) in [6.45, 7) is 0.153. The first kappa shape index (κ1) is 14.3. The maximum atomic E-state index is 11.7. The molecule has 0 radical (unpaired) electrons. The fraction of sp³-hybridized carbons (Fsp3) is 0.0769. The van der Waals surface area contributed by atoms with Crippen LogP contribution in [0, 0.1) is 0 Å². The molecule has 1 heterocycles. The zero-order chi connectivity index (χ0) is 15.2. The molecule has 2 aromatic rings. The van der Waals surface area contributed by atoms with Crippen molar-refractivity contribution in [3.05, 3.63) is 47.8 Å². The third-order valence-electron chi connectivity index (χ3n) is 2.54. The van der Waals surface area contributed by atoms with E-state index in [4.69, 9.17) is 5.11 Å². The summed E-state index contributed by atoms with van der Waals surface area (Å²) in [5, 5.41) is 30.7. The Morgan fingerprint density at radius 3 is 2.71 bits per heavy atom. The number of benzene rings is 1. The van der Waals surface area contributed by atoms with Crippen LogP contribution in [0.4, 0.5) is 10.5 Å². The van der Waals surface area contributed by atoms with E-state index in [-0.39, 0.29) is 23.5 Å². The minimum atomic E-state index is -1.25. The van der Waals surface area contributed by atoms with Gasteiger partial charge in [0.15, 0.2) is 0 Å². The largest absolute Gasteiger partial charge is 0.508 e. The van der Waals surface area contributed by atoms with Gasteiger partial charge in [0.1, 0.15) is 5.75 Å². The number of urea groups is 1. The molecule has 0 spiro atoms. The quantitative estimate of drug-likeness (QED) is 0.627. The maximum absolute atomic E-state index is 11.7. The Balaban J connectivity index is 2.01. The van der Waals surface area contributed by atoms with Crippen molar-refractivity contribution in [2.24, 2.45) is 0 Å². The summed E-state index contributed by atoms with van der Waals surface area (Å²) in [6, 6.07) is 6.43. The van der Waals surface area contributed by atoms with Crippen LogP contribution in [0.5, 0.6) is 5.75 Å². The van der Waals surface area contributed by atoms with E-state index in [1.165, 1.54) is 18.3 Å². The normalized spacial score (nSPS) is 9.90. The van der Waals surface area contributed by atoms with Crippen LogP contribution in [-0.2, 0) is 6.54 Å². The summed E-state index contributed by atoms with van der Waals surface area (Å²) in [7, 11) is 0. The number of nitrogens with zero attached hydrogens (tertiary/aromatic N) is 2. The van der Waals surface area contributed by atoms with Crippen molar-refractivity contribution in [2.75, 3.05) is 5.32 Å². The highest BCUT2D eigenvalue weighted by Crippen LogP contribution is 2.21. The molecule has 21 heavy (non-hydrogen) atoms. The number of hydrogen-bond acceptors (Lipinski definition) is 5. The van der Waals surface area contributed by atoms with Crippen molar-refractivity contribution in [3.63, 3.8) is 0 Å². The number of aromatic carboxylic acids is 1. The van der Waals surface area contributed by atoms with Crippen molar-refractivity contribution < 1.29 is 19.8 Å². The molecule has 1 aromatic carbocycles. The average Bonchev–Trinajstić information content (AvgIpc) is 2.48. The lowest BCUT2D eigenvalue weighted by Crippen LogP contribution is -2.29. The third kappa shape index (κ3) is 3.90. The van der Waals surface area contributed by atoms with Gasteiger partial charge < -0.3 is 20.8 Å². The van der Waals surface area contributed by atoms with Crippen molar-refractivity contribution in [1.29, 1.82) is 0 Å². The van der Waals surface area contributed by atoms with Gasteiger partial charge >= 0.3 is 12.0 Å². The fourth-order valence-corrected chi connectivity index (χ4v) is 1.58. The van der Waals surface area contributed by atoms with E-state index in [0.717, 1.165) is 6.07 Å². The lowest BCUT2D eigenvalue weighted by Gasteiger charge is -2.09. The molecule has 0 aliphatic carbocycles. The molecule has 0 fully saturated rings. The van der Waals surface area contributed by atoms with Crippen LogP contribution in [-0.4, -0.2) is 32.4 Å². The van der Waals surface area contributed by atoms with Gasteiger partial charge in [0.05, 0.1) is 23.5 Å². The molecule has 1 aromatic heterocycles. The summed E-state index contributed by atoms with van der Waals surface area (Å²) in [5.74, 6) is -1.45. The molecule has 0 aliphatic rings. The average molecular weight is 288 g/mol. The van der Waals surface area contributed by atoms with E-state index in [0.29, 0.717) is 5.69 Å². The molecule has 8 nitrogen and oxygen atoms in total. The second-order valence-corrected chi connectivity index (χ2v) is 4.06. The highest BCUT2D eigenvalue weighted by molar-refractivity contribution is 6.00. The second kappa shape index (κ2) is 6.33. The third-order valence-corrected chi connectivity index (χ3v) is 2.54. The highest BCUT2D eigenvalue weighted by atomic mass is 16.4. The van der Waals surface area contributed by atoms with Crippen LogP contribution in [0.15, 0.2) is 36.5 Å². The summed E-state index contributed by atoms with van der Waals surface area (Å²) in [6.07, 6.45) is 1.51. The molecule has 0 bridgehead atoms. The first-order valence-electron chi connectivity index (χ1n) is 5.94. The van der Waals surface area contributed by atoms with Gasteiger partial charge in [0.2, 0.25) is 0 Å². The Bertz CT molecular complexity index is 660. The smallest absolute Gasteiger partial charge is 0.337 e. The Morgan fingerprint density at radius 1 is 1.24 bits per heavy atom. The lowest BCUT2D eigenvalue weighted by atomic mass is 10.1. The molecule has 0 unspecified atom stereocenters. The van der Waals surface area contributed by atoms with Gasteiger partial charge in [-0.25, -0.2) is 9.59 Å². The van der Waals surface area contributed by atoms with Gasteiger partial charge in [-0.05, 0) is 30.3 Å². The minimum absolute atomic E-state index is 0.0805. The molecule has 0 saturated carbocycles. The van der Waals surface area contributed by atoms with Crippen molar-refractivity contribution in [1.82, 2.24) is 15.5 Å². The van der Waals surface area contributed by atoms with Crippen LogP contribution in [0.25, 0.3) is 0 Å². The number of nitrogens with one attached hydrogen (secondary N) is 2. The topological polar surface area (TPSA) is 124 Å². The van der Waals surface area contributed by atoms with Crippen molar-refractivity contribution >= 4 is 17.7 Å². The number of phenols is 1. The van der Waals surface area contributed by atoms with Crippen LogP contribution in [0.1, 0.15) is 16.1 Å². The van der Waals surface area contributed by atoms with Gasteiger partial charge in [0, 0.05) is 6.20 Å². The molecular formula is C13H12N4O4. The molecular weight excluding hydrogens is 276 g/mol. The van der Waals surface area contributed by atoms with Crippen LogP contribution < -0.4 is 10.6 Å². The monoisotopic (exact) mass is 288 g/mol. The van der Waals surface area contributed by atoms with E-state index in [1.54, 1.807) is 12.1 Å². The molecule has 0 atom stereocenters. The Labute approximate surface area is 119 Å². The van der Waals surface area contributed by atoms with Crippen LogP contribution in [0.3, 0.4) is 0 Å². The highest BCUT2D eigenvalue weighted by Gasteiger charge is 2.13. The zero-order valence-corrected chi connectivity index (χ0v) is 10.8. The van der Waals surface area contributed by atoms with Gasteiger partial charge in [-0.3, -0.25) is 0 Å². The number of aromatic nitrogens is 2. The number of anilines is 1. The number of amides is 2. The molecule has 2 amide bonds. The fourth-order valence-electron chi connectivity index (χ4n) is 1.58. The SMILES string of the molecule is O=C(NCc1cccnn1)Nc1ccc(O)cc1C(=O)O. The standard InChI is InChI=1S/C13H12N4O4/c18-9-3-4-11(10(6-9)12(19)20)16-13(21)14-7-8-2-1-5-15-17-8/h1-6,18H,7H2,(H,19,20)(H2,14,16,21).